The molecular formula is C17H30N4O2. The second-order valence-electron chi connectivity index (χ2n) is 8.06. The number of amides is 1. The molecule has 1 atom stereocenters. The van der Waals surface area contributed by atoms with Gasteiger partial charge in [0.2, 0.25) is 0 Å². The van der Waals surface area contributed by atoms with E-state index in [-0.39, 0.29) is 0 Å². The van der Waals surface area contributed by atoms with E-state index in [1.165, 1.54) is 25.7 Å². The quantitative estimate of drug-likeness (QED) is 0.787. The third kappa shape index (κ3) is 5.23. The Morgan fingerprint density at radius 3 is 2.83 bits per heavy atom. The van der Waals surface area contributed by atoms with Crippen LogP contribution in [0.5, 0.6) is 0 Å². The molecule has 2 rings (SSSR count). The van der Waals surface area contributed by atoms with E-state index < -0.39 is 11.7 Å². The number of ether oxygens (including phenoxy) is 1. The third-order valence-electron chi connectivity index (χ3n) is 4.39. The second kappa shape index (κ2) is 6.91. The summed E-state index contributed by atoms with van der Waals surface area (Å²) in [6, 6.07) is 0.487. The summed E-state index contributed by atoms with van der Waals surface area (Å²) in [7, 11) is 0. The van der Waals surface area contributed by atoms with Crippen LogP contribution in [0.15, 0.2) is 6.20 Å². The van der Waals surface area contributed by atoms with E-state index in [4.69, 9.17) is 4.74 Å². The molecule has 1 heterocycles. The molecule has 130 valence electrons. The topological polar surface area (TPSA) is 79.0 Å². The van der Waals surface area contributed by atoms with E-state index in [1.54, 1.807) is 6.20 Å². The Balaban J connectivity index is 1.92. The van der Waals surface area contributed by atoms with Crippen molar-refractivity contribution in [1.29, 1.82) is 0 Å². The third-order valence-corrected chi connectivity index (χ3v) is 4.39. The van der Waals surface area contributed by atoms with Crippen LogP contribution in [0, 0.1) is 5.41 Å². The molecule has 0 radical (unpaired) electrons. The minimum Gasteiger partial charge on any atom is -0.444 e. The van der Waals surface area contributed by atoms with Gasteiger partial charge in [-0.25, -0.2) is 4.79 Å². The van der Waals surface area contributed by atoms with Gasteiger partial charge in [0, 0.05) is 18.2 Å². The molecule has 0 spiro atoms. The van der Waals surface area contributed by atoms with Crippen LogP contribution >= 0.6 is 0 Å². The lowest BCUT2D eigenvalue weighted by Gasteiger charge is -2.39. The van der Waals surface area contributed by atoms with Gasteiger partial charge in [-0.05, 0) is 39.0 Å². The molecule has 1 saturated carbocycles. The Morgan fingerprint density at radius 2 is 2.17 bits per heavy atom. The Hall–Kier alpha value is -1.56. The SMILES string of the molecule is CC(C)(C)OC(=O)Nc1[nH]ncc1CNC1CCCCC1(C)C. The average Bonchev–Trinajstić information content (AvgIpc) is 2.82. The molecule has 1 amide bonds. The highest BCUT2D eigenvalue weighted by Crippen LogP contribution is 2.35. The maximum atomic E-state index is 11.9. The van der Waals surface area contributed by atoms with E-state index in [9.17, 15) is 4.79 Å². The van der Waals surface area contributed by atoms with Gasteiger partial charge in [0.1, 0.15) is 11.4 Å². The van der Waals surface area contributed by atoms with Crippen molar-refractivity contribution in [1.82, 2.24) is 15.5 Å². The number of anilines is 1. The first-order valence-electron chi connectivity index (χ1n) is 8.43. The van der Waals surface area contributed by atoms with Crippen LogP contribution in [0.25, 0.3) is 0 Å². The molecule has 1 aliphatic rings. The first-order chi connectivity index (χ1) is 10.7. The maximum Gasteiger partial charge on any atom is 0.413 e. The summed E-state index contributed by atoms with van der Waals surface area (Å²) in [6.45, 7) is 10.8. The minimum absolute atomic E-state index is 0.306. The molecule has 1 fully saturated rings. The molecule has 0 aromatic carbocycles. The van der Waals surface area contributed by atoms with Gasteiger partial charge in [-0.1, -0.05) is 26.7 Å². The average molecular weight is 322 g/mol. The van der Waals surface area contributed by atoms with Gasteiger partial charge in [-0.2, -0.15) is 5.10 Å². The van der Waals surface area contributed by atoms with Crippen molar-refractivity contribution in [2.45, 2.75) is 78.5 Å². The normalized spacial score (nSPS) is 21.0. The highest BCUT2D eigenvalue weighted by molar-refractivity contribution is 5.84. The molecule has 23 heavy (non-hydrogen) atoms. The van der Waals surface area contributed by atoms with Crippen LogP contribution in [0.1, 0.15) is 65.9 Å². The molecule has 1 aliphatic carbocycles. The van der Waals surface area contributed by atoms with E-state index in [1.807, 2.05) is 20.8 Å². The molecule has 0 saturated heterocycles. The number of H-pyrrole nitrogens is 1. The fraction of sp³-hybridized carbons (Fsp3) is 0.765. The lowest BCUT2D eigenvalue weighted by Crippen LogP contribution is -2.43. The Kier molecular flexibility index (Phi) is 5.34. The first-order valence-corrected chi connectivity index (χ1v) is 8.43. The molecule has 0 aliphatic heterocycles. The molecule has 1 aromatic heterocycles. The summed E-state index contributed by atoms with van der Waals surface area (Å²) in [5, 5.41) is 13.2. The fourth-order valence-electron chi connectivity index (χ4n) is 3.06. The number of aromatic amines is 1. The van der Waals surface area contributed by atoms with Gasteiger partial charge in [0.25, 0.3) is 0 Å². The van der Waals surface area contributed by atoms with Gasteiger partial charge < -0.3 is 10.1 Å². The predicted molar refractivity (Wildman–Crippen MR) is 91.3 cm³/mol. The first kappa shape index (κ1) is 17.8. The fourth-order valence-corrected chi connectivity index (χ4v) is 3.06. The van der Waals surface area contributed by atoms with Crippen molar-refractivity contribution in [3.8, 4) is 0 Å². The molecular weight excluding hydrogens is 292 g/mol. The molecule has 6 heteroatoms. The van der Waals surface area contributed by atoms with Crippen molar-refractivity contribution >= 4 is 11.9 Å². The summed E-state index contributed by atoms with van der Waals surface area (Å²) >= 11 is 0. The van der Waals surface area contributed by atoms with Crippen molar-refractivity contribution in [3.05, 3.63) is 11.8 Å². The van der Waals surface area contributed by atoms with Crippen LogP contribution < -0.4 is 10.6 Å². The highest BCUT2D eigenvalue weighted by atomic mass is 16.6. The molecule has 1 aromatic rings. The lowest BCUT2D eigenvalue weighted by atomic mass is 9.73. The standard InChI is InChI=1S/C17H30N4O2/c1-16(2,3)23-15(22)20-14-12(11-19-21-14)10-18-13-8-6-7-9-17(13,4)5/h11,13,18H,6-10H2,1-5H3,(H2,19,20,21,22). The predicted octanol–water partition coefficient (Wildman–Crippen LogP) is 3.82. The zero-order chi connectivity index (χ0) is 17.1. The molecule has 0 bridgehead atoms. The summed E-state index contributed by atoms with van der Waals surface area (Å²) in [6.07, 6.45) is 6.30. The number of carbonyl (C=O) groups excluding carboxylic acids is 1. The number of nitrogens with zero attached hydrogens (tertiary/aromatic N) is 1. The smallest absolute Gasteiger partial charge is 0.413 e. The number of carbonyl (C=O) groups is 1. The van der Waals surface area contributed by atoms with Crippen molar-refractivity contribution in [3.63, 3.8) is 0 Å². The monoisotopic (exact) mass is 322 g/mol. The minimum atomic E-state index is -0.519. The maximum absolute atomic E-state index is 11.9. The summed E-state index contributed by atoms with van der Waals surface area (Å²) in [5.41, 5.74) is 0.729. The van der Waals surface area contributed by atoms with Crippen LogP contribution in [-0.4, -0.2) is 27.9 Å². The van der Waals surface area contributed by atoms with Gasteiger partial charge in [0.15, 0.2) is 0 Å². The van der Waals surface area contributed by atoms with Gasteiger partial charge in [-0.3, -0.25) is 10.4 Å². The molecule has 3 N–H and O–H groups in total. The molecule has 6 nitrogen and oxygen atoms in total. The Bertz CT molecular complexity index is 531. The zero-order valence-corrected chi connectivity index (χ0v) is 15.0. The second-order valence-corrected chi connectivity index (χ2v) is 8.06. The number of aromatic nitrogens is 2. The number of nitrogens with one attached hydrogen (secondary N) is 3. The van der Waals surface area contributed by atoms with Crippen LogP contribution in [0.2, 0.25) is 0 Å². The van der Waals surface area contributed by atoms with E-state index in [0.29, 0.717) is 23.8 Å². The summed E-state index contributed by atoms with van der Waals surface area (Å²) < 4.78 is 5.28. The number of hydrogen-bond acceptors (Lipinski definition) is 4. The van der Waals surface area contributed by atoms with Gasteiger partial charge >= 0.3 is 6.09 Å². The van der Waals surface area contributed by atoms with Crippen molar-refractivity contribution in [2.75, 3.05) is 5.32 Å². The number of hydrogen-bond donors (Lipinski definition) is 3. The summed E-state index contributed by atoms with van der Waals surface area (Å²) in [4.78, 5) is 11.9. The van der Waals surface area contributed by atoms with E-state index in [0.717, 1.165) is 5.56 Å². The van der Waals surface area contributed by atoms with E-state index in [2.05, 4.69) is 34.7 Å². The van der Waals surface area contributed by atoms with Crippen LogP contribution in [0.4, 0.5) is 10.6 Å². The van der Waals surface area contributed by atoms with Crippen molar-refractivity contribution < 1.29 is 9.53 Å². The van der Waals surface area contributed by atoms with Crippen LogP contribution in [-0.2, 0) is 11.3 Å². The highest BCUT2D eigenvalue weighted by Gasteiger charge is 2.31. The Labute approximate surface area is 138 Å². The Morgan fingerprint density at radius 1 is 1.43 bits per heavy atom. The van der Waals surface area contributed by atoms with Crippen molar-refractivity contribution in [2.24, 2.45) is 5.41 Å². The van der Waals surface area contributed by atoms with Gasteiger partial charge in [0.05, 0.1) is 6.20 Å². The zero-order valence-electron chi connectivity index (χ0n) is 15.0. The van der Waals surface area contributed by atoms with Gasteiger partial charge in [-0.15, -0.1) is 0 Å². The molecule has 1 unspecified atom stereocenters. The lowest BCUT2D eigenvalue weighted by molar-refractivity contribution is 0.0635. The van der Waals surface area contributed by atoms with Crippen LogP contribution in [0.3, 0.4) is 0 Å². The number of rotatable bonds is 4. The van der Waals surface area contributed by atoms with E-state index >= 15 is 0 Å². The summed E-state index contributed by atoms with van der Waals surface area (Å²) in [5.74, 6) is 0.598. The largest absolute Gasteiger partial charge is 0.444 e.